The first kappa shape index (κ1) is 15.1. The number of thiophene rings is 1. The van der Waals surface area contributed by atoms with Crippen molar-refractivity contribution in [2.75, 3.05) is 11.9 Å². The fraction of sp³-hybridized carbons (Fsp3) is 0.353. The van der Waals surface area contributed by atoms with Crippen LogP contribution >= 0.6 is 11.3 Å². The predicted molar refractivity (Wildman–Crippen MR) is 88.9 cm³/mol. The number of amides is 1. The molecule has 116 valence electrons. The molecule has 1 aromatic heterocycles. The Bertz CT molecular complexity index is 668. The van der Waals surface area contributed by atoms with Gasteiger partial charge in [0, 0.05) is 23.7 Å². The van der Waals surface area contributed by atoms with Crippen molar-refractivity contribution in [3.05, 3.63) is 51.7 Å². The minimum Gasteiger partial charge on any atom is -0.392 e. The first-order valence-electron chi connectivity index (χ1n) is 7.47. The smallest absolute Gasteiger partial charge is 0.245 e. The number of benzene rings is 1. The third-order valence-electron chi connectivity index (χ3n) is 3.98. The number of anilines is 1. The molecule has 0 spiro atoms. The highest BCUT2D eigenvalue weighted by Crippen LogP contribution is 2.24. The summed E-state index contributed by atoms with van der Waals surface area (Å²) in [6, 6.07) is 9.36. The summed E-state index contributed by atoms with van der Waals surface area (Å²) in [5.41, 5.74) is 2.98. The van der Waals surface area contributed by atoms with Crippen molar-refractivity contribution in [3.63, 3.8) is 0 Å². The Morgan fingerprint density at radius 2 is 2.32 bits per heavy atom. The van der Waals surface area contributed by atoms with Gasteiger partial charge < -0.3 is 15.3 Å². The first-order valence-corrected chi connectivity index (χ1v) is 8.35. The summed E-state index contributed by atoms with van der Waals surface area (Å²) in [5.74, 6) is 0.117. The van der Waals surface area contributed by atoms with E-state index in [2.05, 4.69) is 16.8 Å². The summed E-state index contributed by atoms with van der Waals surface area (Å²) in [7, 11) is 0. The molecule has 2 N–H and O–H groups in total. The van der Waals surface area contributed by atoms with Crippen LogP contribution in [0.1, 0.15) is 22.9 Å². The van der Waals surface area contributed by atoms with Crippen molar-refractivity contribution in [2.24, 2.45) is 0 Å². The van der Waals surface area contributed by atoms with Crippen LogP contribution in [0.15, 0.2) is 35.7 Å². The third kappa shape index (κ3) is 3.15. The highest BCUT2D eigenvalue weighted by molar-refractivity contribution is 7.10. The SMILES string of the molecule is CC(Nc1cccc(CO)c1)C(=O)N1CCc2sccc2C1. The van der Waals surface area contributed by atoms with Crippen LogP contribution < -0.4 is 5.32 Å². The molecule has 2 heterocycles. The molecule has 1 amide bonds. The summed E-state index contributed by atoms with van der Waals surface area (Å²) < 4.78 is 0. The van der Waals surface area contributed by atoms with Crippen LogP contribution in [0, 0.1) is 0 Å². The number of nitrogens with zero attached hydrogens (tertiary/aromatic N) is 1. The molecule has 4 nitrogen and oxygen atoms in total. The normalized spacial score (nSPS) is 15.3. The van der Waals surface area contributed by atoms with E-state index in [1.165, 1.54) is 10.4 Å². The van der Waals surface area contributed by atoms with Gasteiger partial charge >= 0.3 is 0 Å². The Kier molecular flexibility index (Phi) is 4.45. The molecule has 2 aromatic rings. The lowest BCUT2D eigenvalue weighted by molar-refractivity contribution is -0.132. The monoisotopic (exact) mass is 316 g/mol. The maximum atomic E-state index is 12.6. The Morgan fingerprint density at radius 1 is 1.45 bits per heavy atom. The zero-order valence-electron chi connectivity index (χ0n) is 12.6. The van der Waals surface area contributed by atoms with Gasteiger partial charge in [-0.1, -0.05) is 12.1 Å². The van der Waals surface area contributed by atoms with E-state index in [9.17, 15) is 9.90 Å². The predicted octanol–water partition coefficient (Wildman–Crippen LogP) is 2.63. The number of carbonyl (C=O) groups excluding carboxylic acids is 1. The molecule has 0 fully saturated rings. The van der Waals surface area contributed by atoms with E-state index in [1.807, 2.05) is 36.1 Å². The van der Waals surface area contributed by atoms with E-state index in [0.717, 1.165) is 24.2 Å². The topological polar surface area (TPSA) is 52.6 Å². The van der Waals surface area contributed by atoms with Crippen LogP contribution in [0.2, 0.25) is 0 Å². The first-order chi connectivity index (χ1) is 10.7. The van der Waals surface area contributed by atoms with E-state index in [-0.39, 0.29) is 18.6 Å². The fourth-order valence-corrected chi connectivity index (χ4v) is 3.67. The summed E-state index contributed by atoms with van der Waals surface area (Å²) >= 11 is 1.78. The van der Waals surface area contributed by atoms with Gasteiger partial charge in [0.25, 0.3) is 0 Å². The summed E-state index contributed by atoms with van der Waals surface area (Å²) in [4.78, 5) is 15.9. The Morgan fingerprint density at radius 3 is 3.14 bits per heavy atom. The molecule has 5 heteroatoms. The molecule has 0 bridgehead atoms. The molecule has 1 aliphatic rings. The minimum absolute atomic E-state index is 0.00487. The van der Waals surface area contributed by atoms with E-state index in [1.54, 1.807) is 11.3 Å². The van der Waals surface area contributed by atoms with Gasteiger partial charge in [-0.15, -0.1) is 11.3 Å². The highest BCUT2D eigenvalue weighted by Gasteiger charge is 2.25. The third-order valence-corrected chi connectivity index (χ3v) is 5.01. The van der Waals surface area contributed by atoms with E-state index >= 15 is 0 Å². The summed E-state index contributed by atoms with van der Waals surface area (Å²) in [6.45, 7) is 3.39. The molecule has 0 saturated carbocycles. The molecule has 0 saturated heterocycles. The van der Waals surface area contributed by atoms with Gasteiger partial charge in [0.15, 0.2) is 0 Å². The molecule has 22 heavy (non-hydrogen) atoms. The van der Waals surface area contributed by atoms with Gasteiger partial charge in [-0.3, -0.25) is 4.79 Å². The van der Waals surface area contributed by atoms with Crippen LogP contribution in [0.3, 0.4) is 0 Å². The van der Waals surface area contributed by atoms with Gasteiger partial charge in [-0.2, -0.15) is 0 Å². The Balaban J connectivity index is 1.65. The fourth-order valence-electron chi connectivity index (χ4n) is 2.78. The van der Waals surface area contributed by atoms with Crippen molar-refractivity contribution >= 4 is 22.9 Å². The van der Waals surface area contributed by atoms with Gasteiger partial charge in [-0.25, -0.2) is 0 Å². The number of nitrogens with one attached hydrogen (secondary N) is 1. The van der Waals surface area contributed by atoms with Gasteiger partial charge in [0.05, 0.1) is 6.61 Å². The van der Waals surface area contributed by atoms with Gasteiger partial charge in [0.1, 0.15) is 6.04 Å². The van der Waals surface area contributed by atoms with Crippen LogP contribution in [-0.4, -0.2) is 28.5 Å². The molecular weight excluding hydrogens is 296 g/mol. The average molecular weight is 316 g/mol. The Labute approximate surface area is 134 Å². The highest BCUT2D eigenvalue weighted by atomic mass is 32.1. The molecule has 3 rings (SSSR count). The van der Waals surface area contributed by atoms with Crippen molar-refractivity contribution in [2.45, 2.75) is 32.5 Å². The van der Waals surface area contributed by atoms with Crippen LogP contribution in [0.4, 0.5) is 5.69 Å². The quantitative estimate of drug-likeness (QED) is 0.912. The standard InChI is InChI=1S/C17H20N2O2S/c1-12(18-15-4-2-3-13(9-15)11-20)17(21)19-7-5-16-14(10-19)6-8-22-16/h2-4,6,8-9,12,18,20H,5,7,10-11H2,1H3. The van der Waals surface area contributed by atoms with Crippen molar-refractivity contribution < 1.29 is 9.90 Å². The lowest BCUT2D eigenvalue weighted by atomic mass is 10.1. The van der Waals surface area contributed by atoms with Gasteiger partial charge in [-0.05, 0) is 48.1 Å². The van der Waals surface area contributed by atoms with Crippen LogP contribution in [0.25, 0.3) is 0 Å². The van der Waals surface area contributed by atoms with Crippen molar-refractivity contribution in [3.8, 4) is 0 Å². The van der Waals surface area contributed by atoms with Crippen LogP contribution in [-0.2, 0) is 24.4 Å². The van der Waals surface area contributed by atoms with Crippen molar-refractivity contribution in [1.29, 1.82) is 0 Å². The second-order valence-corrected chi connectivity index (χ2v) is 6.60. The molecule has 0 aliphatic carbocycles. The number of rotatable bonds is 4. The molecule has 1 aromatic carbocycles. The number of aliphatic hydroxyl groups is 1. The molecule has 1 atom stereocenters. The van der Waals surface area contributed by atoms with Crippen LogP contribution in [0.5, 0.6) is 0 Å². The lowest BCUT2D eigenvalue weighted by Crippen LogP contribution is -2.43. The number of fused-ring (bicyclic) bond motifs is 1. The molecular formula is C17H20N2O2S. The van der Waals surface area contributed by atoms with E-state index < -0.39 is 0 Å². The maximum Gasteiger partial charge on any atom is 0.245 e. The number of hydrogen-bond acceptors (Lipinski definition) is 4. The summed E-state index contributed by atoms with van der Waals surface area (Å²) in [5, 5.41) is 14.5. The average Bonchev–Trinajstić information content (AvgIpc) is 3.01. The van der Waals surface area contributed by atoms with Gasteiger partial charge in [0.2, 0.25) is 5.91 Å². The second-order valence-electron chi connectivity index (χ2n) is 5.60. The maximum absolute atomic E-state index is 12.6. The molecule has 1 aliphatic heterocycles. The zero-order valence-corrected chi connectivity index (χ0v) is 13.4. The minimum atomic E-state index is -0.283. The number of aliphatic hydroxyl groups excluding tert-OH is 1. The summed E-state index contributed by atoms with van der Waals surface area (Å²) in [6.07, 6.45) is 0.950. The lowest BCUT2D eigenvalue weighted by Gasteiger charge is -2.30. The number of carbonyl (C=O) groups is 1. The largest absolute Gasteiger partial charge is 0.392 e. The van der Waals surface area contributed by atoms with Crippen molar-refractivity contribution in [1.82, 2.24) is 4.90 Å². The Hall–Kier alpha value is -1.85. The molecule has 1 unspecified atom stereocenters. The number of hydrogen-bond donors (Lipinski definition) is 2. The van der Waals surface area contributed by atoms with E-state index in [4.69, 9.17) is 0 Å². The molecule has 0 radical (unpaired) electrons. The van der Waals surface area contributed by atoms with E-state index in [0.29, 0.717) is 6.54 Å². The zero-order chi connectivity index (χ0) is 15.5. The second kappa shape index (κ2) is 6.50.